The van der Waals surface area contributed by atoms with Crippen molar-refractivity contribution >= 4 is 0 Å². The van der Waals surface area contributed by atoms with Gasteiger partial charge in [0, 0.05) is 0 Å². The summed E-state index contributed by atoms with van der Waals surface area (Å²) in [5, 5.41) is 0. The van der Waals surface area contributed by atoms with E-state index in [0.717, 1.165) is 44.3 Å². The fourth-order valence-electron chi connectivity index (χ4n) is 17.2. The van der Waals surface area contributed by atoms with Gasteiger partial charge in [-0.3, -0.25) is 0 Å². The maximum atomic E-state index is 2.75. The van der Waals surface area contributed by atoms with Crippen molar-refractivity contribution in [2.45, 2.75) is 27.7 Å². The van der Waals surface area contributed by atoms with Gasteiger partial charge in [-0.1, -0.05) is 27.7 Å². The van der Waals surface area contributed by atoms with Crippen molar-refractivity contribution in [1.82, 2.24) is 0 Å². The molecule has 112 valence electrons. The fourth-order valence-corrected chi connectivity index (χ4v) is 17.2. The minimum Gasteiger partial charge on any atom is -0.0617 e. The molecule has 11 fully saturated rings. The summed E-state index contributed by atoms with van der Waals surface area (Å²) in [7, 11) is 0. The van der Waals surface area contributed by atoms with E-state index in [2.05, 4.69) is 27.7 Å². The highest BCUT2D eigenvalue weighted by Crippen LogP contribution is 3.31. The zero-order valence-electron chi connectivity index (χ0n) is 13.9. The summed E-state index contributed by atoms with van der Waals surface area (Å²) in [6.45, 7) is 10.8. The lowest BCUT2D eigenvalue weighted by Crippen LogP contribution is -3.22. The van der Waals surface area contributed by atoms with Crippen LogP contribution in [0, 0.1) is 104 Å². The molecule has 4 spiro atoms. The van der Waals surface area contributed by atoms with Gasteiger partial charge in [-0.05, 0) is 104 Å². The quantitative estimate of drug-likeness (QED) is 0.640. The first kappa shape index (κ1) is 9.47. The monoisotopic (exact) mass is 288 g/mol. The van der Waals surface area contributed by atoms with Gasteiger partial charge < -0.3 is 0 Å². The van der Waals surface area contributed by atoms with E-state index >= 15 is 0 Å². The molecule has 0 bridgehead atoms. The number of fused-ring (bicyclic) bond motifs is 9. The second-order valence-corrected chi connectivity index (χ2v) is 12.9. The summed E-state index contributed by atoms with van der Waals surface area (Å²) in [6.07, 6.45) is 0. The van der Waals surface area contributed by atoms with Gasteiger partial charge in [-0.25, -0.2) is 0 Å². The van der Waals surface area contributed by atoms with Crippen LogP contribution in [0.25, 0.3) is 0 Å². The Kier molecular flexibility index (Phi) is 0.698. The summed E-state index contributed by atoms with van der Waals surface area (Å²) in [5.74, 6) is 14.9. The Hall–Kier alpha value is 0. The largest absolute Gasteiger partial charge is 0.0617 e. The molecule has 11 saturated carbocycles. The Morgan fingerprint density at radius 3 is 1.27 bits per heavy atom. The van der Waals surface area contributed by atoms with Gasteiger partial charge >= 0.3 is 0 Å². The van der Waals surface area contributed by atoms with Crippen molar-refractivity contribution in [3.63, 3.8) is 0 Å². The van der Waals surface area contributed by atoms with Crippen molar-refractivity contribution in [2.75, 3.05) is 0 Å². The summed E-state index contributed by atoms with van der Waals surface area (Å²) < 4.78 is 0. The average Bonchev–Trinajstić information content (AvgIpc) is 2.78. The summed E-state index contributed by atoms with van der Waals surface area (Å²) in [5.41, 5.74) is 5.73. The average molecular weight is 288 g/mol. The highest BCUT2D eigenvalue weighted by molar-refractivity contribution is 5.74. The maximum absolute atomic E-state index is 2.75. The van der Waals surface area contributed by atoms with Crippen LogP contribution in [0.1, 0.15) is 27.7 Å². The Labute approximate surface area is 131 Å². The number of rotatable bonds is 0. The molecule has 11 aliphatic carbocycles. The molecule has 0 saturated heterocycles. The van der Waals surface area contributed by atoms with E-state index in [1.165, 1.54) is 59.2 Å². The predicted octanol–water partition coefficient (Wildman–Crippen LogP) is 3.53. The van der Waals surface area contributed by atoms with E-state index in [9.17, 15) is 0 Å². The molecule has 11 aliphatic rings. The SMILES string of the molecule is CC1C2C3C4C5C6C7C8C9C%10C%11C(C)C1(C)C2%11C3%10C49C58C67C. The standard InChI is InChI=1S/C22H24/c1-5-7-11-15-13-9-10-14-16-12-8-6(2)17(5,3)19(7,8)21(11,12)22(15,16)20(13,14)18(9,10)4/h5-16H,1-4H3. The van der Waals surface area contributed by atoms with Crippen LogP contribution in [-0.2, 0) is 0 Å². The van der Waals surface area contributed by atoms with Crippen LogP contribution in [0.3, 0.4) is 0 Å². The van der Waals surface area contributed by atoms with Gasteiger partial charge in [0.15, 0.2) is 0 Å². The molecule has 12 atom stereocenters. The van der Waals surface area contributed by atoms with E-state index in [4.69, 9.17) is 0 Å². The normalized spacial score (nSPS) is 112. The second kappa shape index (κ2) is 1.62. The molecule has 0 aromatic rings. The van der Waals surface area contributed by atoms with Crippen LogP contribution in [0.5, 0.6) is 0 Å². The van der Waals surface area contributed by atoms with Gasteiger partial charge in [-0.15, -0.1) is 0 Å². The zero-order valence-corrected chi connectivity index (χ0v) is 13.9. The molecule has 12 unspecified atom stereocenters. The summed E-state index contributed by atoms with van der Waals surface area (Å²) in [6, 6.07) is 0. The summed E-state index contributed by atoms with van der Waals surface area (Å²) in [4.78, 5) is 0. The van der Waals surface area contributed by atoms with Crippen molar-refractivity contribution in [3.8, 4) is 0 Å². The molecule has 0 amide bonds. The third kappa shape index (κ3) is 0.286. The van der Waals surface area contributed by atoms with Crippen LogP contribution in [0.15, 0.2) is 0 Å². The third-order valence-corrected chi connectivity index (χ3v) is 15.8. The Bertz CT molecular complexity index is 828. The van der Waals surface area contributed by atoms with Crippen molar-refractivity contribution in [1.29, 1.82) is 0 Å². The van der Waals surface area contributed by atoms with Crippen LogP contribution < -0.4 is 0 Å². The van der Waals surface area contributed by atoms with E-state index in [0.29, 0.717) is 0 Å². The van der Waals surface area contributed by atoms with E-state index < -0.39 is 0 Å². The molecule has 0 heteroatoms. The smallest absolute Gasteiger partial charge is 0.00935 e. The lowest BCUT2D eigenvalue weighted by Gasteiger charge is -3.24. The molecule has 22 heavy (non-hydrogen) atoms. The minimum absolute atomic E-state index is 0.795. The molecule has 11 rings (SSSR count). The lowest BCUT2D eigenvalue weighted by molar-refractivity contribution is -0.792. The minimum atomic E-state index is 0.795. The van der Waals surface area contributed by atoms with Gasteiger partial charge in [0.25, 0.3) is 0 Å². The molecule has 0 nitrogen and oxygen atoms in total. The maximum Gasteiger partial charge on any atom is -0.00935 e. The van der Waals surface area contributed by atoms with E-state index in [1.54, 1.807) is 0 Å². The van der Waals surface area contributed by atoms with Crippen molar-refractivity contribution in [3.05, 3.63) is 0 Å². The molecule has 0 N–H and O–H groups in total. The zero-order chi connectivity index (χ0) is 13.9. The van der Waals surface area contributed by atoms with Gasteiger partial charge in [0.1, 0.15) is 0 Å². The molecule has 0 heterocycles. The van der Waals surface area contributed by atoms with Crippen LogP contribution >= 0.6 is 0 Å². The first-order chi connectivity index (χ1) is 10.5. The first-order valence-electron chi connectivity index (χ1n) is 10.5. The van der Waals surface area contributed by atoms with Gasteiger partial charge in [-0.2, -0.15) is 0 Å². The van der Waals surface area contributed by atoms with Crippen molar-refractivity contribution < 1.29 is 0 Å². The van der Waals surface area contributed by atoms with Crippen molar-refractivity contribution in [2.24, 2.45) is 104 Å². The topological polar surface area (TPSA) is 0 Å². The molecule has 0 aliphatic heterocycles. The highest BCUT2D eigenvalue weighted by Gasteiger charge is 3.29. The molecule has 0 aromatic heterocycles. The Balaban J connectivity index is 1.27. The number of hydrogen-bond donors (Lipinski definition) is 0. The Morgan fingerprint density at radius 1 is 0.409 bits per heavy atom. The first-order valence-corrected chi connectivity index (χ1v) is 10.5. The Morgan fingerprint density at radius 2 is 0.773 bits per heavy atom. The van der Waals surface area contributed by atoms with E-state index in [1.807, 2.05) is 0 Å². The predicted molar refractivity (Wildman–Crippen MR) is 79.2 cm³/mol. The van der Waals surface area contributed by atoms with Crippen LogP contribution in [0.4, 0.5) is 0 Å². The van der Waals surface area contributed by atoms with Crippen LogP contribution in [0.2, 0.25) is 0 Å². The molecular formula is C22H24. The second-order valence-electron chi connectivity index (χ2n) is 12.9. The molecule has 0 radical (unpaired) electrons. The van der Waals surface area contributed by atoms with E-state index in [-0.39, 0.29) is 0 Å². The molecule has 0 aromatic carbocycles. The highest BCUT2D eigenvalue weighted by atomic mass is 15.3. The third-order valence-electron chi connectivity index (χ3n) is 15.8. The van der Waals surface area contributed by atoms with Gasteiger partial charge in [0.2, 0.25) is 0 Å². The fraction of sp³-hybridized carbons (Fsp3) is 1.00. The number of hydrogen-bond acceptors (Lipinski definition) is 0. The summed E-state index contributed by atoms with van der Waals surface area (Å²) >= 11 is 0. The van der Waals surface area contributed by atoms with Gasteiger partial charge in [0.05, 0.1) is 0 Å². The molecular weight excluding hydrogens is 264 g/mol. The van der Waals surface area contributed by atoms with Crippen LogP contribution in [-0.4, -0.2) is 0 Å². The lowest BCUT2D eigenvalue weighted by atomic mass is 8.79.